The Bertz CT molecular complexity index is 591. The maximum atomic E-state index is 13.1. The minimum atomic E-state index is -0.978. The van der Waals surface area contributed by atoms with Crippen LogP contribution in [-0.2, 0) is 0 Å². The smallest absolute Gasteiger partial charge is 0.213 e. The van der Waals surface area contributed by atoms with Crippen molar-refractivity contribution in [2.75, 3.05) is 18.5 Å². The molecule has 21 heavy (non-hydrogen) atoms. The highest BCUT2D eigenvalue weighted by Gasteiger charge is 2.10. The van der Waals surface area contributed by atoms with E-state index in [4.69, 9.17) is 4.74 Å². The van der Waals surface area contributed by atoms with Crippen molar-refractivity contribution in [3.63, 3.8) is 0 Å². The zero-order chi connectivity index (χ0) is 15.2. The van der Waals surface area contributed by atoms with E-state index in [0.29, 0.717) is 23.7 Å². The van der Waals surface area contributed by atoms with Crippen molar-refractivity contribution in [2.45, 2.75) is 13.0 Å². The number of ether oxygens (including phenoxy) is 1. The molecule has 0 aliphatic heterocycles. The summed E-state index contributed by atoms with van der Waals surface area (Å²) in [7, 11) is 0. The van der Waals surface area contributed by atoms with Gasteiger partial charge in [0.2, 0.25) is 5.88 Å². The fraction of sp³-hybridized carbons (Fsp3) is 0.267. The lowest BCUT2D eigenvalue weighted by Crippen LogP contribution is -2.12. The van der Waals surface area contributed by atoms with Gasteiger partial charge in [-0.25, -0.2) is 13.8 Å². The summed E-state index contributed by atoms with van der Waals surface area (Å²) in [4.78, 5) is 4.07. The van der Waals surface area contributed by atoms with Crippen LogP contribution >= 0.6 is 0 Å². The number of benzene rings is 1. The lowest BCUT2D eigenvalue weighted by atomic mass is 10.1. The first kappa shape index (κ1) is 15.2. The van der Waals surface area contributed by atoms with Crippen LogP contribution in [0.25, 0.3) is 0 Å². The first-order chi connectivity index (χ1) is 10.1. The molecule has 0 saturated carbocycles. The number of halogens is 2. The lowest BCUT2D eigenvalue weighted by molar-refractivity contribution is 0.191. The number of aliphatic hydroxyl groups is 1. The number of pyridine rings is 1. The summed E-state index contributed by atoms with van der Waals surface area (Å²) in [6, 6.07) is 6.79. The van der Waals surface area contributed by atoms with Gasteiger partial charge in [-0.05, 0) is 30.7 Å². The molecule has 0 aliphatic carbocycles. The average molecular weight is 294 g/mol. The van der Waals surface area contributed by atoms with Crippen molar-refractivity contribution in [3.8, 4) is 5.88 Å². The van der Waals surface area contributed by atoms with Gasteiger partial charge < -0.3 is 15.2 Å². The van der Waals surface area contributed by atoms with Gasteiger partial charge in [0.1, 0.15) is 0 Å². The van der Waals surface area contributed by atoms with E-state index >= 15 is 0 Å². The molecule has 112 valence electrons. The van der Waals surface area contributed by atoms with Crippen molar-refractivity contribution in [1.82, 2.24) is 4.98 Å². The molecule has 0 fully saturated rings. The van der Waals surface area contributed by atoms with E-state index < -0.39 is 17.7 Å². The second kappa shape index (κ2) is 6.99. The van der Waals surface area contributed by atoms with Crippen LogP contribution in [0.4, 0.5) is 14.5 Å². The van der Waals surface area contributed by atoms with Crippen LogP contribution in [0, 0.1) is 11.6 Å². The third kappa shape index (κ3) is 4.13. The zero-order valence-corrected chi connectivity index (χ0v) is 11.5. The lowest BCUT2D eigenvalue weighted by Gasteiger charge is -2.13. The molecule has 1 atom stereocenters. The van der Waals surface area contributed by atoms with Crippen molar-refractivity contribution >= 4 is 5.69 Å². The number of anilines is 1. The Morgan fingerprint density at radius 3 is 2.67 bits per heavy atom. The van der Waals surface area contributed by atoms with Gasteiger partial charge in [-0.3, -0.25) is 0 Å². The van der Waals surface area contributed by atoms with Crippen molar-refractivity contribution < 1.29 is 18.6 Å². The molecule has 4 nitrogen and oxygen atoms in total. The molecule has 2 N–H and O–H groups in total. The largest absolute Gasteiger partial charge is 0.478 e. The molecule has 1 aromatic carbocycles. The third-order valence-electron chi connectivity index (χ3n) is 2.86. The van der Waals surface area contributed by atoms with E-state index in [2.05, 4.69) is 10.3 Å². The highest BCUT2D eigenvalue weighted by molar-refractivity contribution is 5.42. The Morgan fingerprint density at radius 1 is 1.24 bits per heavy atom. The second-order valence-electron chi connectivity index (χ2n) is 4.39. The number of hydrogen-bond donors (Lipinski definition) is 2. The van der Waals surface area contributed by atoms with Crippen LogP contribution in [0.15, 0.2) is 36.5 Å². The Kier molecular flexibility index (Phi) is 5.05. The van der Waals surface area contributed by atoms with Gasteiger partial charge in [-0.2, -0.15) is 0 Å². The molecular weight excluding hydrogens is 278 g/mol. The second-order valence-corrected chi connectivity index (χ2v) is 4.39. The first-order valence-electron chi connectivity index (χ1n) is 6.56. The number of nitrogens with zero attached hydrogens (tertiary/aromatic N) is 1. The van der Waals surface area contributed by atoms with Gasteiger partial charge in [0.05, 0.1) is 24.6 Å². The molecule has 2 rings (SSSR count). The molecule has 2 aromatic rings. The average Bonchev–Trinajstić information content (AvgIpc) is 2.49. The molecule has 0 saturated heterocycles. The van der Waals surface area contributed by atoms with Crippen LogP contribution in [-0.4, -0.2) is 23.2 Å². The van der Waals surface area contributed by atoms with E-state index in [0.717, 1.165) is 12.1 Å². The number of hydrogen-bond acceptors (Lipinski definition) is 4. The minimum absolute atomic E-state index is 0.154. The predicted octanol–water partition coefficient (Wildman–Crippen LogP) is 2.90. The normalized spacial score (nSPS) is 12.0. The van der Waals surface area contributed by atoms with Gasteiger partial charge in [-0.1, -0.05) is 6.07 Å². The van der Waals surface area contributed by atoms with Crippen molar-refractivity contribution in [1.29, 1.82) is 0 Å². The van der Waals surface area contributed by atoms with Crippen LogP contribution in [0.3, 0.4) is 0 Å². The molecule has 1 unspecified atom stereocenters. The molecule has 0 radical (unpaired) electrons. The summed E-state index contributed by atoms with van der Waals surface area (Å²) in [5.74, 6) is -1.40. The van der Waals surface area contributed by atoms with E-state index in [1.807, 2.05) is 6.92 Å². The van der Waals surface area contributed by atoms with Gasteiger partial charge in [0, 0.05) is 12.6 Å². The van der Waals surface area contributed by atoms with Gasteiger partial charge in [-0.15, -0.1) is 0 Å². The summed E-state index contributed by atoms with van der Waals surface area (Å²) in [5, 5.41) is 12.9. The Hall–Kier alpha value is -2.21. The molecular formula is C15H16F2N2O2. The van der Waals surface area contributed by atoms with Crippen molar-refractivity contribution in [2.24, 2.45) is 0 Å². The number of nitrogens with one attached hydrogen (secondary N) is 1. The standard InChI is InChI=1S/C15H16F2N2O2/c1-2-21-15-6-4-11(8-19-15)18-9-14(20)10-3-5-12(16)13(17)7-10/h3-8,14,18,20H,2,9H2,1H3. The topological polar surface area (TPSA) is 54.4 Å². The minimum Gasteiger partial charge on any atom is -0.478 e. The van der Waals surface area contributed by atoms with E-state index in [1.165, 1.54) is 6.07 Å². The summed E-state index contributed by atoms with van der Waals surface area (Å²) < 4.78 is 31.1. The van der Waals surface area contributed by atoms with Crippen molar-refractivity contribution in [3.05, 3.63) is 53.7 Å². The molecule has 1 heterocycles. The molecule has 0 amide bonds. The van der Waals surface area contributed by atoms with E-state index in [-0.39, 0.29) is 6.54 Å². The summed E-state index contributed by atoms with van der Waals surface area (Å²) >= 11 is 0. The maximum Gasteiger partial charge on any atom is 0.213 e. The highest BCUT2D eigenvalue weighted by Crippen LogP contribution is 2.18. The molecule has 0 aliphatic rings. The molecule has 0 spiro atoms. The molecule has 0 bridgehead atoms. The SMILES string of the molecule is CCOc1ccc(NCC(O)c2ccc(F)c(F)c2)cn1. The van der Waals surface area contributed by atoms with Crippen LogP contribution in [0.1, 0.15) is 18.6 Å². The number of rotatable bonds is 6. The van der Waals surface area contributed by atoms with Gasteiger partial charge in [0.15, 0.2) is 11.6 Å². The summed E-state index contributed by atoms with van der Waals surface area (Å²) in [5.41, 5.74) is 1.00. The van der Waals surface area contributed by atoms with Gasteiger partial charge >= 0.3 is 0 Å². The molecule has 1 aromatic heterocycles. The third-order valence-corrected chi connectivity index (χ3v) is 2.86. The maximum absolute atomic E-state index is 13.1. The Balaban J connectivity index is 1.93. The number of aliphatic hydroxyl groups excluding tert-OH is 1. The first-order valence-corrected chi connectivity index (χ1v) is 6.56. The quantitative estimate of drug-likeness (QED) is 0.860. The Labute approximate surface area is 121 Å². The van der Waals surface area contributed by atoms with Crippen LogP contribution in [0.5, 0.6) is 5.88 Å². The van der Waals surface area contributed by atoms with Crippen LogP contribution in [0.2, 0.25) is 0 Å². The summed E-state index contributed by atoms with van der Waals surface area (Å²) in [6.07, 6.45) is 0.620. The monoisotopic (exact) mass is 294 g/mol. The van der Waals surface area contributed by atoms with Crippen LogP contribution < -0.4 is 10.1 Å². The zero-order valence-electron chi connectivity index (χ0n) is 11.5. The number of aromatic nitrogens is 1. The van der Waals surface area contributed by atoms with Gasteiger partial charge in [0.25, 0.3) is 0 Å². The predicted molar refractivity (Wildman–Crippen MR) is 75.2 cm³/mol. The highest BCUT2D eigenvalue weighted by atomic mass is 19.2. The van der Waals surface area contributed by atoms with E-state index in [9.17, 15) is 13.9 Å². The summed E-state index contributed by atoms with van der Waals surface area (Å²) in [6.45, 7) is 2.56. The van der Waals surface area contributed by atoms with E-state index in [1.54, 1.807) is 18.3 Å². The fourth-order valence-electron chi connectivity index (χ4n) is 1.77. The Morgan fingerprint density at radius 2 is 2.05 bits per heavy atom. The fourth-order valence-corrected chi connectivity index (χ4v) is 1.77. The molecule has 6 heteroatoms.